The second-order valence-corrected chi connectivity index (χ2v) is 6.72. The standard InChI is InChI=1S/C19H20ClFN2O2/c1-22-10-9-16(12-22)25-19(24)23(2)18-8-7-15(21)11-17(18)13-3-5-14(20)6-4-13/h3-8,11,16H,9-10,12H2,1-2H3/t16-/m0/s1. The van der Waals surface area contributed by atoms with E-state index in [4.69, 9.17) is 16.3 Å². The van der Waals surface area contributed by atoms with Crippen LogP contribution in [0.25, 0.3) is 11.1 Å². The highest BCUT2D eigenvalue weighted by Crippen LogP contribution is 2.32. The van der Waals surface area contributed by atoms with Gasteiger partial charge < -0.3 is 9.64 Å². The molecule has 1 saturated heterocycles. The summed E-state index contributed by atoms with van der Waals surface area (Å²) in [7, 11) is 3.63. The molecule has 132 valence electrons. The van der Waals surface area contributed by atoms with Crippen LogP contribution in [0.2, 0.25) is 5.02 Å². The van der Waals surface area contributed by atoms with Gasteiger partial charge in [-0.2, -0.15) is 0 Å². The number of likely N-dealkylation sites (tertiary alicyclic amines) is 1. The lowest BCUT2D eigenvalue weighted by atomic mass is 10.0. The van der Waals surface area contributed by atoms with Gasteiger partial charge in [-0.3, -0.25) is 4.90 Å². The highest BCUT2D eigenvalue weighted by molar-refractivity contribution is 6.30. The average Bonchev–Trinajstić information content (AvgIpc) is 2.99. The quantitative estimate of drug-likeness (QED) is 0.810. The maximum atomic E-state index is 13.8. The Kier molecular flexibility index (Phi) is 5.25. The van der Waals surface area contributed by atoms with Gasteiger partial charge >= 0.3 is 6.09 Å². The average molecular weight is 363 g/mol. The first-order valence-electron chi connectivity index (χ1n) is 8.12. The topological polar surface area (TPSA) is 32.8 Å². The van der Waals surface area contributed by atoms with Gasteiger partial charge in [0.1, 0.15) is 11.9 Å². The lowest BCUT2D eigenvalue weighted by Gasteiger charge is -2.22. The molecule has 0 aromatic heterocycles. The highest BCUT2D eigenvalue weighted by atomic mass is 35.5. The summed E-state index contributed by atoms with van der Waals surface area (Å²) in [6.07, 6.45) is 0.269. The van der Waals surface area contributed by atoms with Crippen molar-refractivity contribution in [2.45, 2.75) is 12.5 Å². The second-order valence-electron chi connectivity index (χ2n) is 6.28. The predicted molar refractivity (Wildman–Crippen MR) is 97.6 cm³/mol. The molecular weight excluding hydrogens is 343 g/mol. The van der Waals surface area contributed by atoms with Crippen LogP contribution in [0.5, 0.6) is 0 Å². The summed E-state index contributed by atoms with van der Waals surface area (Å²) in [6.45, 7) is 1.64. The highest BCUT2D eigenvalue weighted by Gasteiger charge is 2.26. The summed E-state index contributed by atoms with van der Waals surface area (Å²) < 4.78 is 19.3. The van der Waals surface area contributed by atoms with Crippen molar-refractivity contribution >= 4 is 23.4 Å². The molecule has 1 aliphatic heterocycles. The Morgan fingerprint density at radius 2 is 2.00 bits per heavy atom. The van der Waals surface area contributed by atoms with E-state index in [2.05, 4.69) is 4.90 Å². The molecule has 0 N–H and O–H groups in total. The molecular formula is C19H20ClFN2O2. The van der Waals surface area contributed by atoms with Gasteiger partial charge in [0, 0.05) is 30.7 Å². The lowest BCUT2D eigenvalue weighted by Crippen LogP contribution is -2.32. The smallest absolute Gasteiger partial charge is 0.414 e. The van der Waals surface area contributed by atoms with E-state index < -0.39 is 6.09 Å². The first-order chi connectivity index (χ1) is 11.9. The number of carbonyl (C=O) groups excluding carboxylic acids is 1. The van der Waals surface area contributed by atoms with Crippen LogP contribution in [0.15, 0.2) is 42.5 Å². The summed E-state index contributed by atoms with van der Waals surface area (Å²) in [4.78, 5) is 16.0. The van der Waals surface area contributed by atoms with Crippen LogP contribution in [0, 0.1) is 5.82 Å². The minimum Gasteiger partial charge on any atom is -0.444 e. The SMILES string of the molecule is CN1CC[C@H](OC(=O)N(C)c2ccc(F)cc2-c2ccc(Cl)cc2)C1. The van der Waals surface area contributed by atoms with Crippen LogP contribution < -0.4 is 4.90 Å². The van der Waals surface area contributed by atoms with Crippen LogP contribution in [0.1, 0.15) is 6.42 Å². The van der Waals surface area contributed by atoms with Gasteiger partial charge in [-0.15, -0.1) is 0 Å². The molecule has 0 radical (unpaired) electrons. The van der Waals surface area contributed by atoms with Crippen LogP contribution in [-0.2, 0) is 4.74 Å². The number of likely N-dealkylation sites (N-methyl/N-ethyl adjacent to an activating group) is 1. The Morgan fingerprint density at radius 1 is 1.28 bits per heavy atom. The molecule has 0 spiro atoms. The number of ether oxygens (including phenoxy) is 1. The van der Waals surface area contributed by atoms with Crippen LogP contribution in [-0.4, -0.2) is 44.3 Å². The largest absolute Gasteiger partial charge is 0.444 e. The van der Waals surface area contributed by atoms with E-state index in [1.165, 1.54) is 17.0 Å². The maximum Gasteiger partial charge on any atom is 0.414 e. The zero-order chi connectivity index (χ0) is 18.0. The third-order valence-electron chi connectivity index (χ3n) is 4.36. The Bertz CT molecular complexity index is 767. The molecule has 2 aromatic carbocycles. The third-order valence-corrected chi connectivity index (χ3v) is 4.62. The molecule has 0 bridgehead atoms. The number of rotatable bonds is 3. The van der Waals surface area contributed by atoms with E-state index in [1.54, 1.807) is 37.4 Å². The van der Waals surface area contributed by atoms with Crippen molar-refractivity contribution in [2.24, 2.45) is 0 Å². The molecule has 1 aliphatic rings. The van der Waals surface area contributed by atoms with Gasteiger partial charge in [0.2, 0.25) is 0 Å². The van der Waals surface area contributed by atoms with E-state index in [1.807, 2.05) is 7.05 Å². The Hall–Kier alpha value is -2.11. The predicted octanol–water partition coefficient (Wildman–Crippen LogP) is 4.42. The molecule has 1 fully saturated rings. The number of hydrogen-bond donors (Lipinski definition) is 0. The van der Waals surface area contributed by atoms with Gasteiger partial charge in [0.15, 0.2) is 0 Å². The molecule has 6 heteroatoms. The molecule has 1 atom stereocenters. The fraction of sp³-hybridized carbons (Fsp3) is 0.316. The van der Waals surface area contributed by atoms with Crippen molar-refractivity contribution in [3.63, 3.8) is 0 Å². The zero-order valence-electron chi connectivity index (χ0n) is 14.2. The number of amides is 1. The maximum absolute atomic E-state index is 13.8. The molecule has 4 nitrogen and oxygen atoms in total. The van der Waals surface area contributed by atoms with Gasteiger partial charge in [0.25, 0.3) is 0 Å². The van der Waals surface area contributed by atoms with E-state index in [-0.39, 0.29) is 11.9 Å². The third kappa shape index (κ3) is 4.11. The Labute approximate surface area is 151 Å². The Morgan fingerprint density at radius 3 is 2.64 bits per heavy atom. The fourth-order valence-electron chi connectivity index (χ4n) is 2.97. The molecule has 0 unspecified atom stereocenters. The minimum absolute atomic E-state index is 0.112. The molecule has 1 heterocycles. The van der Waals surface area contributed by atoms with E-state index >= 15 is 0 Å². The van der Waals surface area contributed by atoms with E-state index in [0.29, 0.717) is 16.3 Å². The van der Waals surface area contributed by atoms with Crippen molar-refractivity contribution in [1.82, 2.24) is 4.90 Å². The fourth-order valence-corrected chi connectivity index (χ4v) is 3.10. The molecule has 0 aliphatic carbocycles. The molecule has 1 amide bonds. The van der Waals surface area contributed by atoms with E-state index in [0.717, 1.165) is 25.1 Å². The number of anilines is 1. The Balaban J connectivity index is 1.85. The summed E-state index contributed by atoms with van der Waals surface area (Å²) in [6, 6.07) is 11.4. The van der Waals surface area contributed by atoms with Crippen LogP contribution in [0.4, 0.5) is 14.9 Å². The van der Waals surface area contributed by atoms with Gasteiger partial charge in [-0.25, -0.2) is 9.18 Å². The zero-order valence-corrected chi connectivity index (χ0v) is 15.0. The van der Waals surface area contributed by atoms with Crippen molar-refractivity contribution in [1.29, 1.82) is 0 Å². The first kappa shape index (κ1) is 17.7. The van der Waals surface area contributed by atoms with Crippen molar-refractivity contribution < 1.29 is 13.9 Å². The molecule has 3 rings (SSSR count). The number of hydrogen-bond acceptors (Lipinski definition) is 3. The van der Waals surface area contributed by atoms with Gasteiger partial charge in [-0.05, 0) is 49.4 Å². The number of benzene rings is 2. The number of nitrogens with zero attached hydrogens (tertiary/aromatic N) is 2. The summed E-state index contributed by atoms with van der Waals surface area (Å²) in [5.74, 6) is -0.368. The molecule has 0 saturated carbocycles. The first-order valence-corrected chi connectivity index (χ1v) is 8.50. The minimum atomic E-state index is -0.442. The van der Waals surface area contributed by atoms with Crippen LogP contribution in [0.3, 0.4) is 0 Å². The van der Waals surface area contributed by atoms with Gasteiger partial charge in [-0.1, -0.05) is 23.7 Å². The second kappa shape index (κ2) is 7.42. The van der Waals surface area contributed by atoms with Crippen molar-refractivity contribution in [2.75, 3.05) is 32.1 Å². The number of halogens is 2. The van der Waals surface area contributed by atoms with Crippen molar-refractivity contribution in [3.05, 3.63) is 53.3 Å². The van der Waals surface area contributed by atoms with Crippen LogP contribution >= 0.6 is 11.6 Å². The van der Waals surface area contributed by atoms with Gasteiger partial charge in [0.05, 0.1) is 5.69 Å². The molecule has 2 aromatic rings. The molecule has 25 heavy (non-hydrogen) atoms. The summed E-state index contributed by atoms with van der Waals surface area (Å²) >= 11 is 5.93. The summed E-state index contributed by atoms with van der Waals surface area (Å²) in [5.41, 5.74) is 1.97. The van der Waals surface area contributed by atoms with E-state index in [9.17, 15) is 9.18 Å². The summed E-state index contributed by atoms with van der Waals surface area (Å²) in [5, 5.41) is 0.597. The monoisotopic (exact) mass is 362 g/mol. The lowest BCUT2D eigenvalue weighted by molar-refractivity contribution is 0.110. The van der Waals surface area contributed by atoms with Crippen molar-refractivity contribution in [3.8, 4) is 11.1 Å². The number of carbonyl (C=O) groups is 1. The normalized spacial score (nSPS) is 17.5.